The highest BCUT2D eigenvalue weighted by Crippen LogP contribution is 2.38. The van der Waals surface area contributed by atoms with E-state index in [2.05, 4.69) is 55.4 Å². The Morgan fingerprint density at radius 3 is 2.14 bits per heavy atom. The molecule has 18 heteroatoms. The van der Waals surface area contributed by atoms with E-state index in [1.807, 2.05) is 25.1 Å². The van der Waals surface area contributed by atoms with E-state index in [0.29, 0.717) is 40.8 Å². The SMILES string of the molecule is Cc1cc(N(C(=O)OC(C(=O)Nc2cc(NS(=O)(=O)c3ccc(NS(C)(=O)=O)cc3)ccc2Cl)C(=O)C(C)(C)C)C2CCCC2)ccc1/C=C(\C#N)c1nc2cc(C(C)(C)CC(C)(C)C)ccc2o1. The van der Waals surface area contributed by atoms with Gasteiger partial charge in [-0.3, -0.25) is 23.9 Å². The van der Waals surface area contributed by atoms with Gasteiger partial charge < -0.3 is 14.5 Å². The number of nitrogens with zero attached hydrogens (tertiary/aromatic N) is 3. The average Bonchev–Trinajstić information content (AvgIpc) is 3.92. The number of ketones is 1. The molecule has 1 fully saturated rings. The predicted molar refractivity (Wildman–Crippen MR) is 271 cm³/mol. The van der Waals surface area contributed by atoms with Gasteiger partial charge in [0.1, 0.15) is 17.2 Å². The van der Waals surface area contributed by atoms with Gasteiger partial charge in [-0.1, -0.05) is 92.0 Å². The number of hydrogen-bond donors (Lipinski definition) is 3. The Labute approximate surface area is 409 Å². The molecule has 1 aromatic heterocycles. The van der Waals surface area contributed by atoms with Gasteiger partial charge in [0.15, 0.2) is 11.4 Å². The van der Waals surface area contributed by atoms with Crippen molar-refractivity contribution in [3.05, 3.63) is 106 Å². The molecule has 1 heterocycles. The molecule has 0 bridgehead atoms. The van der Waals surface area contributed by atoms with Crippen LogP contribution in [0.15, 0.2) is 88.2 Å². The fourth-order valence-corrected chi connectivity index (χ4v) is 10.4. The van der Waals surface area contributed by atoms with Gasteiger partial charge in [0, 0.05) is 22.8 Å². The van der Waals surface area contributed by atoms with Crippen LogP contribution >= 0.6 is 11.6 Å². The average molecular weight is 1000 g/mol. The van der Waals surface area contributed by atoms with Gasteiger partial charge in [0.2, 0.25) is 22.0 Å². The second-order valence-electron chi connectivity index (χ2n) is 20.4. The number of allylic oxidation sites excluding steroid dienone is 1. The highest BCUT2D eigenvalue weighted by Gasteiger charge is 2.41. The lowest BCUT2D eigenvalue weighted by molar-refractivity contribution is -0.142. The number of nitriles is 1. The zero-order valence-electron chi connectivity index (χ0n) is 40.5. The minimum absolute atomic E-state index is 0.00609. The Morgan fingerprint density at radius 2 is 1.55 bits per heavy atom. The fourth-order valence-electron chi connectivity index (χ4n) is 8.58. The lowest BCUT2D eigenvalue weighted by Gasteiger charge is -2.32. The number of carbonyl (C=O) groups excluding carboxylic acids is 3. The summed E-state index contributed by atoms with van der Waals surface area (Å²) < 4.78 is 66.4. The smallest absolute Gasteiger partial charge is 0.415 e. The Kier molecular flexibility index (Phi) is 15.1. The molecule has 1 aliphatic rings. The standard InChI is InChI=1S/C51H59ClN6O9S2/c1-31-25-38(20-15-32(31)26-33(29-53)47-55-42-27-34(16-24-43(42)66-47)51(8,9)30-49(2,3)4)58(37-13-11-12-14-37)48(61)67-44(45(59)50(5,6)7)46(60)54-41-28-36(19-23-40(41)52)57-69(64,65)39-21-17-35(18-22-39)56-68(10,62)63/h15-28,37,44,56-57H,11-14,30H2,1-10H3,(H,54,60)/b33-26+. The highest BCUT2D eigenvalue weighted by atomic mass is 35.5. The largest absolute Gasteiger partial charge is 0.435 e. The van der Waals surface area contributed by atoms with E-state index >= 15 is 0 Å². The number of aryl methyl sites for hydroxylation is 1. The summed E-state index contributed by atoms with van der Waals surface area (Å²) in [6, 6.07) is 22.1. The van der Waals surface area contributed by atoms with Crippen molar-refractivity contribution in [3.8, 4) is 6.07 Å². The summed E-state index contributed by atoms with van der Waals surface area (Å²) in [5.41, 5.74) is 3.27. The number of sulfonamides is 2. The molecule has 5 aromatic rings. The first-order valence-electron chi connectivity index (χ1n) is 22.4. The number of aromatic nitrogens is 1. The van der Waals surface area contributed by atoms with E-state index in [1.165, 1.54) is 47.4 Å². The molecule has 0 radical (unpaired) electrons. The second-order valence-corrected chi connectivity index (χ2v) is 24.2. The zero-order valence-corrected chi connectivity index (χ0v) is 42.9. The first-order valence-corrected chi connectivity index (χ1v) is 26.2. The molecule has 1 saturated carbocycles. The van der Waals surface area contributed by atoms with E-state index < -0.39 is 49.3 Å². The van der Waals surface area contributed by atoms with E-state index in [0.717, 1.165) is 31.1 Å². The van der Waals surface area contributed by atoms with Crippen molar-refractivity contribution in [3.63, 3.8) is 0 Å². The Hall–Kier alpha value is -6.22. The van der Waals surface area contributed by atoms with Crippen LogP contribution in [0.5, 0.6) is 0 Å². The second kappa shape index (κ2) is 20.0. The number of oxazole rings is 1. The van der Waals surface area contributed by atoms with Crippen LogP contribution in [0.1, 0.15) is 110 Å². The number of hydrogen-bond acceptors (Lipinski definition) is 11. The summed E-state index contributed by atoms with van der Waals surface area (Å²) in [6.07, 6.45) is 3.69. The van der Waals surface area contributed by atoms with Crippen molar-refractivity contribution in [1.82, 2.24) is 4.98 Å². The topological polar surface area (TPSA) is 218 Å². The van der Waals surface area contributed by atoms with Gasteiger partial charge in [0.05, 0.1) is 27.5 Å². The molecule has 2 amide bonds. The van der Waals surface area contributed by atoms with Crippen LogP contribution in [0, 0.1) is 29.1 Å². The summed E-state index contributed by atoms with van der Waals surface area (Å²) in [7, 11) is -7.81. The third kappa shape index (κ3) is 13.1. The number of rotatable bonds is 15. The van der Waals surface area contributed by atoms with Crippen LogP contribution in [-0.2, 0) is 39.8 Å². The molecule has 1 aliphatic carbocycles. The molecule has 366 valence electrons. The molecule has 0 saturated heterocycles. The van der Waals surface area contributed by atoms with Gasteiger partial charge in [0.25, 0.3) is 15.9 Å². The number of ether oxygens (including phenoxy) is 1. The number of halogens is 1. The third-order valence-electron chi connectivity index (χ3n) is 11.6. The molecular formula is C51H59ClN6O9S2. The molecule has 0 spiro atoms. The Bertz CT molecular complexity index is 3080. The monoisotopic (exact) mass is 998 g/mol. The summed E-state index contributed by atoms with van der Waals surface area (Å²) >= 11 is 6.48. The minimum Gasteiger partial charge on any atom is -0.435 e. The minimum atomic E-state index is -4.22. The van der Waals surface area contributed by atoms with Crippen molar-refractivity contribution < 1.29 is 40.4 Å². The maximum absolute atomic E-state index is 14.4. The molecule has 1 unspecified atom stereocenters. The van der Waals surface area contributed by atoms with Gasteiger partial charge in [-0.15, -0.1) is 0 Å². The number of amides is 2. The summed E-state index contributed by atoms with van der Waals surface area (Å²) in [4.78, 5) is 48.5. The fraction of sp³-hybridized carbons (Fsp3) is 0.392. The van der Waals surface area contributed by atoms with Gasteiger partial charge in [-0.05, 0) is 127 Å². The number of fused-ring (bicyclic) bond motifs is 1. The van der Waals surface area contributed by atoms with Crippen molar-refractivity contribution in [2.75, 3.05) is 25.9 Å². The molecule has 1 atom stereocenters. The van der Waals surface area contributed by atoms with Crippen molar-refractivity contribution in [2.45, 2.75) is 117 Å². The first-order chi connectivity index (χ1) is 32.0. The van der Waals surface area contributed by atoms with Crippen molar-refractivity contribution >= 4 is 94.9 Å². The molecule has 69 heavy (non-hydrogen) atoms. The number of anilines is 4. The normalized spacial score (nSPS) is 14.5. The molecule has 4 aromatic carbocycles. The van der Waals surface area contributed by atoms with E-state index in [9.17, 15) is 36.5 Å². The Morgan fingerprint density at radius 1 is 0.899 bits per heavy atom. The maximum Gasteiger partial charge on any atom is 0.415 e. The summed E-state index contributed by atoms with van der Waals surface area (Å²) in [5.74, 6) is -1.55. The number of nitrogens with one attached hydrogen (secondary N) is 3. The highest BCUT2D eigenvalue weighted by molar-refractivity contribution is 7.92. The van der Waals surface area contributed by atoms with Crippen LogP contribution in [0.25, 0.3) is 22.7 Å². The lowest BCUT2D eigenvalue weighted by Crippen LogP contribution is -2.48. The van der Waals surface area contributed by atoms with Crippen LogP contribution in [0.2, 0.25) is 5.02 Å². The van der Waals surface area contributed by atoms with Gasteiger partial charge in [-0.2, -0.15) is 5.26 Å². The summed E-state index contributed by atoms with van der Waals surface area (Å²) in [5, 5.41) is 12.9. The first kappa shape index (κ1) is 52.2. The maximum atomic E-state index is 14.4. The zero-order chi connectivity index (χ0) is 50.9. The van der Waals surface area contributed by atoms with Crippen LogP contribution in [-0.4, -0.2) is 58.0 Å². The molecule has 15 nitrogen and oxygen atoms in total. The quantitative estimate of drug-likeness (QED) is 0.0662. The number of carbonyl (C=O) groups is 3. The lowest BCUT2D eigenvalue weighted by atomic mass is 9.72. The van der Waals surface area contributed by atoms with Crippen LogP contribution < -0.4 is 19.7 Å². The molecular weight excluding hydrogens is 940 g/mol. The van der Waals surface area contributed by atoms with E-state index in [1.54, 1.807) is 45.0 Å². The third-order valence-corrected chi connectivity index (χ3v) is 13.9. The molecule has 6 rings (SSSR count). The van der Waals surface area contributed by atoms with Crippen molar-refractivity contribution in [2.24, 2.45) is 10.8 Å². The van der Waals surface area contributed by atoms with Crippen LogP contribution in [0.3, 0.4) is 0 Å². The van der Waals surface area contributed by atoms with Gasteiger partial charge in [-0.25, -0.2) is 26.6 Å². The van der Waals surface area contributed by atoms with E-state index in [-0.39, 0.29) is 55.3 Å². The summed E-state index contributed by atoms with van der Waals surface area (Å²) in [6.45, 7) is 17.6. The van der Waals surface area contributed by atoms with Crippen molar-refractivity contribution in [1.29, 1.82) is 5.26 Å². The van der Waals surface area contributed by atoms with Gasteiger partial charge >= 0.3 is 6.09 Å². The van der Waals surface area contributed by atoms with Crippen LogP contribution in [0.4, 0.5) is 27.5 Å². The molecule has 3 N–H and O–H groups in total. The molecule has 0 aliphatic heterocycles. The van der Waals surface area contributed by atoms with E-state index in [4.69, 9.17) is 25.7 Å². The Balaban J connectivity index is 1.24. The number of benzene rings is 4. The predicted octanol–water partition coefficient (Wildman–Crippen LogP) is 11.2. The number of Topliss-reactive ketones (excluding diaryl/α,β-unsaturated/α-hetero) is 1.